The Balaban J connectivity index is 1.30. The Morgan fingerprint density at radius 1 is 0.865 bits per heavy atom. The van der Waals surface area contributed by atoms with Crippen molar-refractivity contribution in [3.05, 3.63) is 80.2 Å². The number of anilines is 1. The first kappa shape index (κ1) is 23.3. The fourth-order valence-electron chi connectivity index (χ4n) is 5.00. The number of hydrogen-bond donors (Lipinski definition) is 0. The van der Waals surface area contributed by atoms with Crippen LogP contribution in [0.15, 0.2) is 52.1 Å². The van der Waals surface area contributed by atoms with Crippen LogP contribution in [0.25, 0.3) is 11.2 Å². The summed E-state index contributed by atoms with van der Waals surface area (Å²) in [5.41, 5.74) is 1.85. The molecule has 2 aliphatic heterocycles. The van der Waals surface area contributed by atoms with Gasteiger partial charge < -0.3 is 14.4 Å². The molecule has 0 unspecified atom stereocenters. The Hall–Kier alpha value is -4.12. The van der Waals surface area contributed by atoms with Crippen LogP contribution in [0.3, 0.4) is 0 Å². The molecule has 0 aliphatic carbocycles. The number of rotatable bonds is 5. The molecule has 6 rings (SSSR count). The maximum absolute atomic E-state index is 13.5. The summed E-state index contributed by atoms with van der Waals surface area (Å²) in [6.45, 7) is 4.36. The second-order valence-electron chi connectivity index (χ2n) is 9.45. The van der Waals surface area contributed by atoms with E-state index >= 15 is 0 Å². The number of nitrogens with zero attached hydrogens (tertiary/aromatic N) is 6. The number of fused-ring (bicyclic) bond motifs is 2. The van der Waals surface area contributed by atoms with Gasteiger partial charge in [-0.15, -0.1) is 0 Å². The van der Waals surface area contributed by atoms with Gasteiger partial charge in [0, 0.05) is 46.8 Å². The quantitative estimate of drug-likeness (QED) is 0.407. The molecule has 0 saturated carbocycles. The molecule has 10 nitrogen and oxygen atoms in total. The summed E-state index contributed by atoms with van der Waals surface area (Å²) < 4.78 is 28.8. The van der Waals surface area contributed by atoms with Gasteiger partial charge in [-0.2, -0.15) is 4.98 Å². The molecular formula is C26H27FN6O4. The first-order valence-electron chi connectivity index (χ1n) is 12.2. The number of benzene rings is 2. The minimum absolute atomic E-state index is 0.255. The average molecular weight is 507 g/mol. The molecule has 1 saturated heterocycles. The number of aromatic nitrogens is 4. The number of ether oxygens (including phenoxy) is 2. The van der Waals surface area contributed by atoms with Crippen LogP contribution in [0, 0.1) is 5.82 Å². The monoisotopic (exact) mass is 506 g/mol. The number of imidazole rings is 1. The van der Waals surface area contributed by atoms with E-state index in [1.165, 1.54) is 23.7 Å². The topological polar surface area (TPSA) is 86.8 Å². The van der Waals surface area contributed by atoms with Crippen LogP contribution >= 0.6 is 0 Å². The van der Waals surface area contributed by atoms with E-state index < -0.39 is 11.2 Å². The van der Waals surface area contributed by atoms with Crippen LogP contribution < -0.4 is 25.6 Å². The lowest BCUT2D eigenvalue weighted by Crippen LogP contribution is -2.47. The number of hydrogen-bond acceptors (Lipinski definition) is 7. The predicted octanol–water partition coefficient (Wildman–Crippen LogP) is 1.67. The molecule has 4 heterocycles. The van der Waals surface area contributed by atoms with Gasteiger partial charge in [-0.05, 0) is 35.4 Å². The Labute approximate surface area is 211 Å². The molecule has 11 heteroatoms. The van der Waals surface area contributed by atoms with Crippen LogP contribution in [0.2, 0.25) is 0 Å². The van der Waals surface area contributed by atoms with E-state index in [9.17, 15) is 14.0 Å². The van der Waals surface area contributed by atoms with Crippen molar-refractivity contribution in [1.82, 2.24) is 23.6 Å². The van der Waals surface area contributed by atoms with E-state index in [0.29, 0.717) is 36.7 Å². The van der Waals surface area contributed by atoms with E-state index in [4.69, 9.17) is 14.5 Å². The summed E-state index contributed by atoms with van der Waals surface area (Å²) >= 11 is 0. The maximum Gasteiger partial charge on any atom is 0.332 e. The standard InChI is InChI=1S/C26H27FN6O4/c1-29-23-22(24(34)30(2)26(29)35)33(15-17-3-6-19(27)7-4-17)25(28-23)32-11-9-31(10-12-32)14-18-5-8-20-21(13-18)37-16-36-20/h3-8,13H,9-12,14-16H2,1-2H3. The molecule has 2 aromatic carbocycles. The van der Waals surface area contributed by atoms with Gasteiger partial charge in [0.2, 0.25) is 12.7 Å². The number of halogens is 1. The van der Waals surface area contributed by atoms with Gasteiger partial charge in [0.25, 0.3) is 5.56 Å². The summed E-state index contributed by atoms with van der Waals surface area (Å²) in [6.07, 6.45) is 0. The van der Waals surface area contributed by atoms with Crippen LogP contribution in [-0.2, 0) is 27.2 Å². The lowest BCUT2D eigenvalue weighted by molar-refractivity contribution is 0.174. The van der Waals surface area contributed by atoms with Crippen LogP contribution in [0.1, 0.15) is 11.1 Å². The van der Waals surface area contributed by atoms with E-state index in [1.54, 1.807) is 19.2 Å². The van der Waals surface area contributed by atoms with Crippen LogP contribution in [0.4, 0.5) is 10.3 Å². The summed E-state index contributed by atoms with van der Waals surface area (Å²) in [5.74, 6) is 1.85. The zero-order valence-corrected chi connectivity index (χ0v) is 20.7. The third kappa shape index (κ3) is 4.14. The Kier molecular flexibility index (Phi) is 5.71. The Bertz CT molecular complexity index is 1600. The first-order valence-corrected chi connectivity index (χ1v) is 12.2. The predicted molar refractivity (Wildman–Crippen MR) is 136 cm³/mol. The van der Waals surface area contributed by atoms with E-state index in [0.717, 1.165) is 46.8 Å². The van der Waals surface area contributed by atoms with Gasteiger partial charge in [-0.1, -0.05) is 18.2 Å². The Morgan fingerprint density at radius 3 is 2.32 bits per heavy atom. The lowest BCUT2D eigenvalue weighted by atomic mass is 10.1. The van der Waals surface area contributed by atoms with Gasteiger partial charge in [-0.25, -0.2) is 9.18 Å². The fourth-order valence-corrected chi connectivity index (χ4v) is 5.00. The molecule has 0 radical (unpaired) electrons. The SMILES string of the molecule is Cn1c(=O)c2c(nc(N3CCN(Cc4ccc5c(c4)OCO5)CC3)n2Cc2ccc(F)cc2)n(C)c1=O. The molecule has 0 N–H and O–H groups in total. The normalized spacial score (nSPS) is 15.6. The van der Waals surface area contributed by atoms with Crippen molar-refractivity contribution >= 4 is 17.1 Å². The molecule has 1 fully saturated rings. The average Bonchev–Trinajstić information content (AvgIpc) is 3.53. The fraction of sp³-hybridized carbons (Fsp3) is 0.346. The molecule has 0 amide bonds. The highest BCUT2D eigenvalue weighted by molar-refractivity contribution is 5.75. The molecule has 4 aromatic rings. The van der Waals surface area contributed by atoms with Crippen molar-refractivity contribution in [3.63, 3.8) is 0 Å². The molecule has 0 atom stereocenters. The van der Waals surface area contributed by atoms with Crippen LogP contribution in [-0.4, -0.2) is 56.6 Å². The van der Waals surface area contributed by atoms with Crippen molar-refractivity contribution in [2.45, 2.75) is 13.1 Å². The molecule has 192 valence electrons. The van der Waals surface area contributed by atoms with Gasteiger partial charge in [-0.3, -0.25) is 23.4 Å². The summed E-state index contributed by atoms with van der Waals surface area (Å²) in [5, 5.41) is 0. The molecule has 0 spiro atoms. The minimum atomic E-state index is -0.427. The highest BCUT2D eigenvalue weighted by atomic mass is 19.1. The first-order chi connectivity index (χ1) is 17.9. The van der Waals surface area contributed by atoms with Crippen LogP contribution in [0.5, 0.6) is 11.5 Å². The molecule has 2 aliphatic rings. The van der Waals surface area contributed by atoms with Crippen molar-refractivity contribution in [2.24, 2.45) is 14.1 Å². The second-order valence-corrected chi connectivity index (χ2v) is 9.45. The zero-order chi connectivity index (χ0) is 25.7. The summed E-state index contributed by atoms with van der Waals surface area (Å²) in [7, 11) is 3.08. The smallest absolute Gasteiger partial charge is 0.332 e. The third-order valence-corrected chi connectivity index (χ3v) is 7.08. The second kappa shape index (κ2) is 9.07. The van der Waals surface area contributed by atoms with E-state index in [-0.39, 0.29) is 12.6 Å². The van der Waals surface area contributed by atoms with Crippen molar-refractivity contribution < 1.29 is 13.9 Å². The van der Waals surface area contributed by atoms with E-state index in [1.807, 2.05) is 16.7 Å². The number of aryl methyl sites for hydroxylation is 1. The summed E-state index contributed by atoms with van der Waals surface area (Å²) in [4.78, 5) is 35.0. The van der Waals surface area contributed by atoms with E-state index in [2.05, 4.69) is 15.9 Å². The molecule has 2 aromatic heterocycles. The van der Waals surface area contributed by atoms with Crippen molar-refractivity contribution in [2.75, 3.05) is 37.9 Å². The largest absolute Gasteiger partial charge is 0.454 e. The van der Waals surface area contributed by atoms with Gasteiger partial charge in [0.1, 0.15) is 5.82 Å². The number of piperazine rings is 1. The third-order valence-electron chi connectivity index (χ3n) is 7.08. The van der Waals surface area contributed by atoms with Gasteiger partial charge in [0.05, 0.1) is 6.54 Å². The van der Waals surface area contributed by atoms with Crippen molar-refractivity contribution in [3.8, 4) is 11.5 Å². The highest BCUT2D eigenvalue weighted by Gasteiger charge is 2.26. The van der Waals surface area contributed by atoms with Crippen molar-refractivity contribution in [1.29, 1.82) is 0 Å². The molecule has 37 heavy (non-hydrogen) atoms. The van der Waals surface area contributed by atoms with Gasteiger partial charge >= 0.3 is 5.69 Å². The summed E-state index contributed by atoms with van der Waals surface area (Å²) in [6, 6.07) is 12.2. The minimum Gasteiger partial charge on any atom is -0.454 e. The molecule has 0 bridgehead atoms. The Morgan fingerprint density at radius 2 is 1.57 bits per heavy atom. The molecular weight excluding hydrogens is 479 g/mol. The zero-order valence-electron chi connectivity index (χ0n) is 20.7. The van der Waals surface area contributed by atoms with Gasteiger partial charge in [0.15, 0.2) is 22.7 Å². The maximum atomic E-state index is 13.5. The lowest BCUT2D eigenvalue weighted by Gasteiger charge is -2.35. The highest BCUT2D eigenvalue weighted by Crippen LogP contribution is 2.33.